The van der Waals surface area contributed by atoms with Gasteiger partial charge in [0.15, 0.2) is 10.6 Å². The second-order valence-electron chi connectivity index (χ2n) is 6.07. The molecule has 0 saturated heterocycles. The molecule has 0 fully saturated rings. The maximum atomic E-state index is 11.8. The predicted octanol–water partition coefficient (Wildman–Crippen LogP) is 1.22. The van der Waals surface area contributed by atoms with E-state index in [1.54, 1.807) is 6.33 Å². The van der Waals surface area contributed by atoms with Gasteiger partial charge in [0.2, 0.25) is 0 Å². The van der Waals surface area contributed by atoms with Gasteiger partial charge >= 0.3 is 11.6 Å². The van der Waals surface area contributed by atoms with Gasteiger partial charge in [0, 0.05) is 37.0 Å². The summed E-state index contributed by atoms with van der Waals surface area (Å²) in [5.74, 6) is 0.692. The average molecular weight is 386 g/mol. The van der Waals surface area contributed by atoms with Gasteiger partial charge in [-0.3, -0.25) is 4.99 Å². The molecular weight excluding hydrogens is 362 g/mol. The summed E-state index contributed by atoms with van der Waals surface area (Å²) in [6, 6.07) is 9.17. The number of hydrogen-bond acceptors (Lipinski definition) is 5. The molecule has 0 aliphatic heterocycles. The van der Waals surface area contributed by atoms with Crippen LogP contribution < -0.4 is 20.4 Å². The topological polar surface area (TPSA) is 140 Å². The first-order chi connectivity index (χ1) is 13.7. The van der Waals surface area contributed by atoms with Gasteiger partial charge in [0.05, 0.1) is 12.9 Å². The molecule has 0 unspecified atom stereocenters. The van der Waals surface area contributed by atoms with E-state index in [1.165, 1.54) is 0 Å². The highest BCUT2D eigenvalue weighted by Gasteiger charge is 2.23. The van der Waals surface area contributed by atoms with Gasteiger partial charge in [-0.25, -0.2) is 4.98 Å². The Labute approximate surface area is 161 Å². The summed E-state index contributed by atoms with van der Waals surface area (Å²) in [5, 5.41) is 5.57. The van der Waals surface area contributed by atoms with Crippen LogP contribution >= 0.6 is 0 Å². The normalized spacial score (nSPS) is 11.5. The number of hydrogen-bond donors (Lipinski definition) is 4. The molecule has 3 rings (SSSR count). The monoisotopic (exact) mass is 386 g/mol. The van der Waals surface area contributed by atoms with E-state index in [0.29, 0.717) is 41.4 Å². The third kappa shape index (κ3) is 5.47. The molecule has 0 aliphatic carbocycles. The Hall–Kier alpha value is -3.56. The lowest BCUT2D eigenvalue weighted by atomic mass is 10.2. The summed E-state index contributed by atoms with van der Waals surface area (Å²) in [7, 11) is 0. The van der Waals surface area contributed by atoms with E-state index in [0.717, 1.165) is 25.1 Å². The Kier molecular flexibility index (Phi) is 6.83. The Balaban J connectivity index is 1.37. The average Bonchev–Trinajstić information content (AvgIpc) is 3.35. The van der Waals surface area contributed by atoms with Gasteiger partial charge in [-0.15, -0.1) is 0 Å². The first-order valence-electron chi connectivity index (χ1n) is 9.08. The largest absolute Gasteiger partial charge is 0.457 e. The van der Waals surface area contributed by atoms with Crippen molar-refractivity contribution in [3.8, 4) is 17.1 Å². The van der Waals surface area contributed by atoms with Gasteiger partial charge in [-0.1, -0.05) is 35.0 Å². The van der Waals surface area contributed by atoms with E-state index in [1.807, 2.05) is 36.5 Å². The van der Waals surface area contributed by atoms with E-state index >= 15 is 0 Å². The van der Waals surface area contributed by atoms with Crippen LogP contribution in [-0.2, 0) is 6.42 Å². The highest BCUT2D eigenvalue weighted by atomic mass is 16.7. The molecule has 0 bridgehead atoms. The van der Waals surface area contributed by atoms with Crippen molar-refractivity contribution in [3.63, 3.8) is 0 Å². The first-order valence-corrected chi connectivity index (χ1v) is 9.08. The first kappa shape index (κ1) is 19.2. The summed E-state index contributed by atoms with van der Waals surface area (Å²) in [6.07, 6.45) is 5.95. The number of nitrogens with zero attached hydrogens (tertiary/aromatic N) is 3. The number of aryl methyl sites for hydroxylation is 1. The molecule has 2 heterocycles. The quantitative estimate of drug-likeness (QED) is 0.235. The Morgan fingerprint density at radius 2 is 2.18 bits per heavy atom. The lowest BCUT2D eigenvalue weighted by molar-refractivity contribution is -0.704. The maximum Gasteiger partial charge on any atom is 0.375 e. The number of benzene rings is 1. The summed E-state index contributed by atoms with van der Waals surface area (Å²) in [4.78, 5) is 23.1. The Morgan fingerprint density at radius 1 is 1.32 bits per heavy atom. The van der Waals surface area contributed by atoms with Gasteiger partial charge < -0.3 is 20.8 Å². The molecule has 28 heavy (non-hydrogen) atoms. The molecule has 10 nitrogen and oxygen atoms in total. The number of aromatic nitrogens is 4. The van der Waals surface area contributed by atoms with Crippen LogP contribution in [0.4, 0.5) is 0 Å². The molecule has 0 aliphatic rings. The lowest BCUT2D eigenvalue weighted by Gasteiger charge is -2.05. The molecule has 0 amide bonds. The Morgan fingerprint density at radius 3 is 2.96 bits per heavy atom. The van der Waals surface area contributed by atoms with E-state index in [4.69, 9.17) is 15.1 Å². The van der Waals surface area contributed by atoms with Gasteiger partial charge in [0.25, 0.3) is 0 Å². The smallest absolute Gasteiger partial charge is 0.375 e. The number of nitrogens with two attached hydrogens (primary N) is 1. The van der Waals surface area contributed by atoms with Gasteiger partial charge in [-0.05, 0) is 22.9 Å². The molecule has 3 aromatic rings. The molecule has 2 aromatic heterocycles. The predicted molar refractivity (Wildman–Crippen MR) is 103 cm³/mol. The fourth-order valence-electron chi connectivity index (χ4n) is 2.60. The maximum absolute atomic E-state index is 11.8. The van der Waals surface area contributed by atoms with Crippen molar-refractivity contribution in [2.24, 2.45) is 10.7 Å². The summed E-state index contributed by atoms with van der Waals surface area (Å²) in [5.41, 5.74) is 7.95. The van der Waals surface area contributed by atoms with Crippen molar-refractivity contribution in [1.29, 1.82) is 0 Å². The number of ether oxygens (including phenoxy) is 1. The minimum atomic E-state index is 0.287. The zero-order valence-electron chi connectivity index (χ0n) is 15.4. The summed E-state index contributed by atoms with van der Waals surface area (Å²) in [6.45, 7) is 1.61. The van der Waals surface area contributed by atoms with Crippen molar-refractivity contribution < 1.29 is 14.0 Å². The molecule has 148 valence electrons. The van der Waals surface area contributed by atoms with Crippen molar-refractivity contribution in [1.82, 2.24) is 20.4 Å². The van der Waals surface area contributed by atoms with Crippen LogP contribution in [0.25, 0.3) is 11.3 Å². The van der Waals surface area contributed by atoms with E-state index in [-0.39, 0.29) is 5.88 Å². The van der Waals surface area contributed by atoms with Crippen LogP contribution in [0.3, 0.4) is 0 Å². The van der Waals surface area contributed by atoms with E-state index < -0.39 is 0 Å². The van der Waals surface area contributed by atoms with Crippen molar-refractivity contribution in [3.05, 3.63) is 53.5 Å². The summed E-state index contributed by atoms with van der Waals surface area (Å²) >= 11 is 0. The molecule has 0 saturated carbocycles. The fourth-order valence-corrected chi connectivity index (χ4v) is 2.60. The number of nitrogens with one attached hydrogen (secondary N) is 3. The molecule has 10 heteroatoms. The summed E-state index contributed by atoms with van der Waals surface area (Å²) < 4.78 is 10.8. The van der Waals surface area contributed by atoms with Crippen LogP contribution in [0.5, 0.6) is 5.88 Å². The number of rotatable bonds is 10. The third-order valence-electron chi connectivity index (χ3n) is 3.98. The van der Waals surface area contributed by atoms with Crippen molar-refractivity contribution in [2.75, 3.05) is 19.7 Å². The molecule has 1 aromatic carbocycles. The second kappa shape index (κ2) is 9.95. The number of aliphatic imine (C=N–C) groups is 1. The molecular formula is C18H24N7O3+. The van der Waals surface area contributed by atoms with Crippen LogP contribution in [0.2, 0.25) is 0 Å². The minimum absolute atomic E-state index is 0.287. The van der Waals surface area contributed by atoms with Gasteiger partial charge in [-0.2, -0.15) is 0 Å². The molecule has 5 N–H and O–H groups in total. The Bertz CT molecular complexity index is 916. The second-order valence-corrected chi connectivity index (χ2v) is 6.07. The molecule has 0 atom stereocenters. The van der Waals surface area contributed by atoms with Crippen molar-refractivity contribution in [2.45, 2.75) is 19.3 Å². The zero-order valence-corrected chi connectivity index (χ0v) is 15.4. The van der Waals surface area contributed by atoms with Crippen LogP contribution in [0.1, 0.15) is 18.5 Å². The zero-order chi connectivity index (χ0) is 19.6. The number of aromatic amines is 2. The number of H-pyrrole nitrogens is 2. The number of guanidine groups is 1. The minimum Gasteiger partial charge on any atom is -0.457 e. The van der Waals surface area contributed by atoms with Crippen LogP contribution in [-0.4, -0.2) is 40.8 Å². The van der Waals surface area contributed by atoms with Crippen LogP contribution in [0.15, 0.2) is 52.5 Å². The standard InChI is InChI=1S/C18H24N7O3/c19-18(21-9-4-8-15-12-20-13-23-15)22-10-5-11-27-17-16(25(26)28-24-17)14-6-2-1-3-7-14/h1-3,6-7,12-13,24H,4-5,8-11H2,(H,20,23)(H3,19,21,22)/q+1. The lowest BCUT2D eigenvalue weighted by Crippen LogP contribution is -2.32. The highest BCUT2D eigenvalue weighted by Crippen LogP contribution is 2.23. The van der Waals surface area contributed by atoms with E-state index in [9.17, 15) is 4.91 Å². The fraction of sp³-hybridized carbons (Fsp3) is 0.333. The third-order valence-corrected chi connectivity index (χ3v) is 3.98. The van der Waals surface area contributed by atoms with Gasteiger partial charge in [0.1, 0.15) is 0 Å². The van der Waals surface area contributed by atoms with E-state index in [2.05, 4.69) is 25.4 Å². The van der Waals surface area contributed by atoms with Crippen LogP contribution in [0, 0.1) is 4.91 Å². The van der Waals surface area contributed by atoms with Crippen molar-refractivity contribution >= 4 is 5.96 Å². The molecule has 0 radical (unpaired) electrons. The molecule has 0 spiro atoms. The number of imidazole rings is 1. The highest BCUT2D eigenvalue weighted by molar-refractivity contribution is 5.77. The SMILES string of the molecule is NC(=NCCCOc1[nH]o[n+](=O)c1-c1ccccc1)NCCCc1cnc[nH]1.